The molecule has 1 unspecified atom stereocenters. The van der Waals surface area contributed by atoms with Gasteiger partial charge < -0.3 is 15.0 Å². The van der Waals surface area contributed by atoms with E-state index in [1.54, 1.807) is 41.8 Å². The van der Waals surface area contributed by atoms with Gasteiger partial charge in [-0.1, -0.05) is 5.92 Å². The minimum absolute atomic E-state index is 0.208. The van der Waals surface area contributed by atoms with Crippen LogP contribution in [0.2, 0.25) is 0 Å². The number of hydrogen-bond acceptors (Lipinski definition) is 7. The van der Waals surface area contributed by atoms with Crippen LogP contribution in [0.15, 0.2) is 41.6 Å². The summed E-state index contributed by atoms with van der Waals surface area (Å²) < 4.78 is 20.2. The lowest BCUT2D eigenvalue weighted by Crippen LogP contribution is -2.38. The van der Waals surface area contributed by atoms with Crippen LogP contribution >= 0.6 is 0 Å². The van der Waals surface area contributed by atoms with Crippen molar-refractivity contribution >= 4 is 29.8 Å². The number of carbonyl (C=O) groups excluding carboxylic acids is 2. The van der Waals surface area contributed by atoms with Gasteiger partial charge in [-0.25, -0.2) is 14.2 Å². The Balaban J connectivity index is 1.44. The summed E-state index contributed by atoms with van der Waals surface area (Å²) in [5.41, 5.74) is 1.36. The van der Waals surface area contributed by atoms with Crippen molar-refractivity contribution in [3.63, 3.8) is 0 Å². The maximum Gasteiger partial charge on any atom is 0.414 e. The Hall–Kier alpha value is -4.13. The van der Waals surface area contributed by atoms with Crippen LogP contribution in [0.5, 0.6) is 0 Å². The number of aromatic nitrogens is 1. The Morgan fingerprint density at radius 3 is 2.82 bits per heavy atom. The normalized spacial score (nSPS) is 17.7. The molecule has 1 N–H and O–H groups in total. The predicted octanol–water partition coefficient (Wildman–Crippen LogP) is 2.05. The van der Waals surface area contributed by atoms with Gasteiger partial charge in [0.05, 0.1) is 31.9 Å². The standard InChI is InChI=1S/C23H23FN6O3/c1-3-8-29-10-9-28(15-27-29)22-7-4-17(12-26-22)20-6-5-18(11-21(20)24)30-14-19(33-23(30)32)13-25-16(2)31/h1,4-7,11-12,15,19H,8-10,13-14H2,2H3,(H,25,31). The summed E-state index contributed by atoms with van der Waals surface area (Å²) in [6.07, 6.45) is 7.52. The van der Waals surface area contributed by atoms with E-state index in [0.717, 1.165) is 0 Å². The quantitative estimate of drug-likeness (QED) is 0.678. The van der Waals surface area contributed by atoms with Crippen LogP contribution in [0.4, 0.5) is 20.7 Å². The van der Waals surface area contributed by atoms with E-state index in [9.17, 15) is 14.0 Å². The molecule has 1 saturated heterocycles. The van der Waals surface area contributed by atoms with E-state index in [0.29, 0.717) is 42.3 Å². The predicted molar refractivity (Wildman–Crippen MR) is 122 cm³/mol. The number of nitrogens with one attached hydrogen (secondary N) is 1. The van der Waals surface area contributed by atoms with Crippen molar-refractivity contribution in [2.45, 2.75) is 13.0 Å². The summed E-state index contributed by atoms with van der Waals surface area (Å²) in [5.74, 6) is 2.56. The molecule has 4 rings (SSSR count). The number of cyclic esters (lactones) is 1. The zero-order valence-electron chi connectivity index (χ0n) is 18.1. The second-order valence-corrected chi connectivity index (χ2v) is 7.64. The average Bonchev–Trinajstić information content (AvgIpc) is 3.19. The number of ether oxygens (including phenoxy) is 1. The fourth-order valence-electron chi connectivity index (χ4n) is 3.59. The van der Waals surface area contributed by atoms with Crippen molar-refractivity contribution in [1.82, 2.24) is 15.3 Å². The second kappa shape index (κ2) is 9.56. The first-order valence-corrected chi connectivity index (χ1v) is 10.4. The number of amides is 2. The van der Waals surface area contributed by atoms with Gasteiger partial charge in [-0.05, 0) is 30.3 Å². The Kier molecular flexibility index (Phi) is 6.40. The summed E-state index contributed by atoms with van der Waals surface area (Å²) in [6.45, 7) is 3.65. The SMILES string of the molecule is C#CCN1CCN(c2ccc(-c3ccc(N4CC(CNC(C)=O)OC4=O)cc3F)cn2)C=N1. The number of pyridine rings is 1. The number of nitrogens with zero attached hydrogens (tertiary/aromatic N) is 5. The lowest BCUT2D eigenvalue weighted by atomic mass is 10.1. The highest BCUT2D eigenvalue weighted by Gasteiger charge is 2.32. The van der Waals surface area contributed by atoms with Crippen molar-refractivity contribution in [1.29, 1.82) is 0 Å². The molecule has 1 atom stereocenters. The molecule has 2 aliphatic rings. The summed E-state index contributed by atoms with van der Waals surface area (Å²) in [4.78, 5) is 30.9. The smallest absolute Gasteiger partial charge is 0.414 e. The molecule has 33 heavy (non-hydrogen) atoms. The number of benzene rings is 1. The van der Waals surface area contributed by atoms with Crippen LogP contribution < -0.4 is 15.1 Å². The van der Waals surface area contributed by atoms with Crippen LogP contribution in [0.3, 0.4) is 0 Å². The first-order chi connectivity index (χ1) is 15.9. The van der Waals surface area contributed by atoms with Crippen LogP contribution in [-0.4, -0.2) is 67.2 Å². The summed E-state index contributed by atoms with van der Waals surface area (Å²) in [6, 6.07) is 8.15. The number of rotatable bonds is 6. The molecule has 0 saturated carbocycles. The van der Waals surface area contributed by atoms with E-state index >= 15 is 0 Å². The summed E-state index contributed by atoms with van der Waals surface area (Å²) >= 11 is 0. The molecule has 0 radical (unpaired) electrons. The number of anilines is 2. The van der Waals surface area contributed by atoms with Crippen LogP contribution in [0.1, 0.15) is 6.92 Å². The third-order valence-corrected chi connectivity index (χ3v) is 5.30. The maximum atomic E-state index is 14.9. The zero-order valence-corrected chi connectivity index (χ0v) is 18.1. The molecule has 2 aliphatic heterocycles. The third-order valence-electron chi connectivity index (χ3n) is 5.30. The number of hydrazone groups is 1. The Morgan fingerprint density at radius 1 is 1.33 bits per heavy atom. The molecule has 1 aromatic carbocycles. The topological polar surface area (TPSA) is 90.4 Å². The van der Waals surface area contributed by atoms with Crippen molar-refractivity contribution in [2.24, 2.45) is 5.10 Å². The highest BCUT2D eigenvalue weighted by atomic mass is 19.1. The molecule has 0 spiro atoms. The largest absolute Gasteiger partial charge is 0.442 e. The molecule has 3 heterocycles. The van der Waals surface area contributed by atoms with Crippen LogP contribution in [0.25, 0.3) is 11.1 Å². The van der Waals surface area contributed by atoms with Gasteiger partial charge in [0.15, 0.2) is 0 Å². The van der Waals surface area contributed by atoms with Gasteiger partial charge in [0, 0.05) is 30.8 Å². The molecule has 10 heteroatoms. The highest BCUT2D eigenvalue weighted by Crippen LogP contribution is 2.29. The lowest BCUT2D eigenvalue weighted by Gasteiger charge is -2.28. The van der Waals surface area contributed by atoms with Gasteiger partial charge in [-0.3, -0.25) is 14.7 Å². The molecule has 0 bridgehead atoms. The molecule has 170 valence electrons. The zero-order chi connectivity index (χ0) is 23.4. The van der Waals surface area contributed by atoms with Gasteiger partial charge in [-0.2, -0.15) is 5.10 Å². The first kappa shape index (κ1) is 22.1. The second-order valence-electron chi connectivity index (χ2n) is 7.64. The Morgan fingerprint density at radius 2 is 2.18 bits per heavy atom. The molecule has 2 amide bonds. The van der Waals surface area contributed by atoms with Gasteiger partial charge in [0.25, 0.3) is 0 Å². The molecule has 1 fully saturated rings. The molecule has 0 aliphatic carbocycles. The van der Waals surface area contributed by atoms with E-state index in [1.165, 1.54) is 17.9 Å². The first-order valence-electron chi connectivity index (χ1n) is 10.4. The van der Waals surface area contributed by atoms with Gasteiger partial charge in [0.2, 0.25) is 5.91 Å². The summed E-state index contributed by atoms with van der Waals surface area (Å²) in [5, 5.41) is 8.68. The minimum atomic E-state index is -0.576. The fourth-order valence-corrected chi connectivity index (χ4v) is 3.59. The maximum absolute atomic E-state index is 14.9. The molecular formula is C23H23FN6O3. The third kappa shape index (κ3) is 5.03. The van der Waals surface area contributed by atoms with Crippen molar-refractivity contribution < 1.29 is 18.7 Å². The van der Waals surface area contributed by atoms with Crippen LogP contribution in [0, 0.1) is 18.2 Å². The van der Waals surface area contributed by atoms with Crippen molar-refractivity contribution in [3.8, 4) is 23.5 Å². The van der Waals surface area contributed by atoms with Gasteiger partial charge >= 0.3 is 6.09 Å². The van der Waals surface area contributed by atoms with Gasteiger partial charge in [0.1, 0.15) is 24.1 Å². The van der Waals surface area contributed by atoms with Crippen LogP contribution in [-0.2, 0) is 9.53 Å². The molecule has 2 aromatic rings. The van der Waals surface area contributed by atoms with Crippen molar-refractivity contribution in [3.05, 3.63) is 42.3 Å². The average molecular weight is 450 g/mol. The fraction of sp³-hybridized carbons (Fsp3) is 0.304. The monoisotopic (exact) mass is 450 g/mol. The number of halogens is 1. The minimum Gasteiger partial charge on any atom is -0.442 e. The lowest BCUT2D eigenvalue weighted by molar-refractivity contribution is -0.119. The number of carbonyl (C=O) groups is 2. The Labute approximate surface area is 190 Å². The highest BCUT2D eigenvalue weighted by molar-refractivity contribution is 5.90. The van der Waals surface area contributed by atoms with E-state index < -0.39 is 18.0 Å². The number of terminal acetylenes is 1. The molecular weight excluding hydrogens is 427 g/mol. The van der Waals surface area contributed by atoms with E-state index in [4.69, 9.17) is 11.2 Å². The van der Waals surface area contributed by atoms with E-state index in [2.05, 4.69) is 21.3 Å². The van der Waals surface area contributed by atoms with Crippen molar-refractivity contribution in [2.75, 3.05) is 42.5 Å². The summed E-state index contributed by atoms with van der Waals surface area (Å²) in [7, 11) is 0. The molecule has 9 nitrogen and oxygen atoms in total. The molecule has 1 aromatic heterocycles. The number of hydrogen-bond donors (Lipinski definition) is 1. The van der Waals surface area contributed by atoms with E-state index in [1.807, 2.05) is 4.90 Å². The van der Waals surface area contributed by atoms with E-state index in [-0.39, 0.29) is 19.0 Å². The Bertz CT molecular complexity index is 1110. The van der Waals surface area contributed by atoms with Gasteiger partial charge in [-0.15, -0.1) is 6.42 Å².